The first-order chi connectivity index (χ1) is 6.20. The summed E-state index contributed by atoms with van der Waals surface area (Å²) in [6.07, 6.45) is 0. The molecule has 0 bridgehead atoms. The zero-order chi connectivity index (χ0) is 9.42. The number of benzene rings is 1. The lowest BCUT2D eigenvalue weighted by Crippen LogP contribution is -2.30. The summed E-state index contributed by atoms with van der Waals surface area (Å²) in [6.45, 7) is 0.969. The minimum Gasteiger partial charge on any atom is -0.486 e. The molecule has 13 heavy (non-hydrogen) atoms. The normalized spacial score (nSPS) is 15.2. The Balaban J connectivity index is 2.60. The Kier molecular flexibility index (Phi) is 1.83. The van der Waals surface area contributed by atoms with E-state index < -0.39 is 11.6 Å². The highest BCUT2D eigenvalue weighted by atomic mass is 19.1. The van der Waals surface area contributed by atoms with Crippen molar-refractivity contribution in [1.82, 2.24) is 0 Å². The Bertz CT molecular complexity index is 341. The Morgan fingerprint density at radius 3 is 2.69 bits per heavy atom. The van der Waals surface area contributed by atoms with E-state index in [4.69, 9.17) is 4.74 Å². The first-order valence-electron chi connectivity index (χ1n) is 4.02. The standard InChI is InChI=1S/C9H9F2NO/c1-12-4-5-13-9-7(11)3-2-6(10)8(9)12/h2-3H,4-5H2,1H3. The van der Waals surface area contributed by atoms with Crippen LogP contribution in [0.1, 0.15) is 0 Å². The van der Waals surface area contributed by atoms with Gasteiger partial charge in [-0.3, -0.25) is 0 Å². The number of hydrogen-bond acceptors (Lipinski definition) is 2. The number of ether oxygens (including phenoxy) is 1. The molecule has 0 N–H and O–H groups in total. The molecule has 1 aliphatic heterocycles. The molecule has 0 spiro atoms. The zero-order valence-electron chi connectivity index (χ0n) is 7.18. The van der Waals surface area contributed by atoms with Crippen molar-refractivity contribution in [3.05, 3.63) is 23.8 Å². The highest BCUT2D eigenvalue weighted by Gasteiger charge is 2.22. The van der Waals surface area contributed by atoms with E-state index in [9.17, 15) is 8.78 Å². The number of halogens is 2. The lowest BCUT2D eigenvalue weighted by Gasteiger charge is -2.27. The van der Waals surface area contributed by atoms with Crippen molar-refractivity contribution < 1.29 is 13.5 Å². The summed E-state index contributed by atoms with van der Waals surface area (Å²) in [4.78, 5) is 1.65. The molecule has 1 aromatic rings. The van der Waals surface area contributed by atoms with Gasteiger partial charge in [0.1, 0.15) is 12.3 Å². The van der Waals surface area contributed by atoms with Gasteiger partial charge in [-0.15, -0.1) is 0 Å². The van der Waals surface area contributed by atoms with Crippen molar-refractivity contribution in [3.8, 4) is 5.75 Å². The summed E-state index contributed by atoms with van der Waals surface area (Å²) < 4.78 is 31.4. The van der Waals surface area contributed by atoms with Crippen molar-refractivity contribution in [3.63, 3.8) is 0 Å². The van der Waals surface area contributed by atoms with E-state index in [2.05, 4.69) is 0 Å². The van der Waals surface area contributed by atoms with Crippen LogP contribution in [0.5, 0.6) is 5.75 Å². The van der Waals surface area contributed by atoms with Crippen molar-refractivity contribution in [2.75, 3.05) is 25.1 Å². The molecule has 0 radical (unpaired) electrons. The van der Waals surface area contributed by atoms with E-state index >= 15 is 0 Å². The van der Waals surface area contributed by atoms with Gasteiger partial charge in [-0.05, 0) is 12.1 Å². The van der Waals surface area contributed by atoms with Gasteiger partial charge in [-0.2, -0.15) is 0 Å². The van der Waals surface area contributed by atoms with Crippen LogP contribution < -0.4 is 9.64 Å². The van der Waals surface area contributed by atoms with Crippen LogP contribution in [0.25, 0.3) is 0 Å². The fourth-order valence-corrected chi connectivity index (χ4v) is 1.41. The molecule has 4 heteroatoms. The van der Waals surface area contributed by atoms with Gasteiger partial charge in [0.25, 0.3) is 0 Å². The molecular weight excluding hydrogens is 176 g/mol. The van der Waals surface area contributed by atoms with Crippen LogP contribution in [0.3, 0.4) is 0 Å². The van der Waals surface area contributed by atoms with Crippen LogP contribution in [0.2, 0.25) is 0 Å². The van der Waals surface area contributed by atoms with E-state index in [1.807, 2.05) is 0 Å². The van der Waals surface area contributed by atoms with Gasteiger partial charge in [0.2, 0.25) is 0 Å². The summed E-state index contributed by atoms with van der Waals surface area (Å²) in [5.74, 6) is -0.935. The largest absolute Gasteiger partial charge is 0.486 e. The van der Waals surface area contributed by atoms with Crippen molar-refractivity contribution in [2.24, 2.45) is 0 Å². The fourth-order valence-electron chi connectivity index (χ4n) is 1.41. The third-order valence-electron chi connectivity index (χ3n) is 2.09. The fraction of sp³-hybridized carbons (Fsp3) is 0.333. The second-order valence-electron chi connectivity index (χ2n) is 2.98. The van der Waals surface area contributed by atoms with Crippen LogP contribution in [0.15, 0.2) is 12.1 Å². The number of anilines is 1. The van der Waals surface area contributed by atoms with Gasteiger partial charge in [0.15, 0.2) is 17.4 Å². The minimum atomic E-state index is -0.511. The van der Waals surface area contributed by atoms with E-state index in [0.29, 0.717) is 13.2 Å². The first kappa shape index (κ1) is 8.29. The van der Waals surface area contributed by atoms with Crippen LogP contribution in [-0.2, 0) is 0 Å². The van der Waals surface area contributed by atoms with E-state index in [0.717, 1.165) is 12.1 Å². The average Bonchev–Trinajstić information content (AvgIpc) is 2.12. The smallest absolute Gasteiger partial charge is 0.181 e. The summed E-state index contributed by atoms with van der Waals surface area (Å²) in [5.41, 5.74) is 0.214. The maximum Gasteiger partial charge on any atom is 0.181 e. The SMILES string of the molecule is CN1CCOc2c(F)ccc(F)c21. The Hall–Kier alpha value is -1.32. The molecule has 0 saturated heterocycles. The summed E-state index contributed by atoms with van der Waals surface area (Å²) >= 11 is 0. The monoisotopic (exact) mass is 185 g/mol. The van der Waals surface area contributed by atoms with E-state index in [1.54, 1.807) is 11.9 Å². The lowest BCUT2D eigenvalue weighted by atomic mass is 10.2. The molecule has 1 aromatic carbocycles. The molecule has 2 rings (SSSR count). The maximum absolute atomic E-state index is 13.2. The van der Waals surface area contributed by atoms with Crippen molar-refractivity contribution >= 4 is 5.69 Å². The van der Waals surface area contributed by atoms with Gasteiger partial charge in [0.05, 0.1) is 6.54 Å². The van der Waals surface area contributed by atoms with Gasteiger partial charge >= 0.3 is 0 Å². The van der Waals surface area contributed by atoms with Gasteiger partial charge in [-0.1, -0.05) is 0 Å². The molecule has 1 aliphatic rings. The van der Waals surface area contributed by atoms with Crippen LogP contribution in [-0.4, -0.2) is 20.2 Å². The van der Waals surface area contributed by atoms with Crippen molar-refractivity contribution in [1.29, 1.82) is 0 Å². The molecule has 70 valence electrons. The maximum atomic E-state index is 13.2. The van der Waals surface area contributed by atoms with Gasteiger partial charge in [0, 0.05) is 7.05 Å². The summed E-state index contributed by atoms with van der Waals surface area (Å²) in [5, 5.41) is 0. The second-order valence-corrected chi connectivity index (χ2v) is 2.98. The molecule has 0 aliphatic carbocycles. The van der Waals surface area contributed by atoms with Crippen LogP contribution in [0.4, 0.5) is 14.5 Å². The number of fused-ring (bicyclic) bond motifs is 1. The quantitative estimate of drug-likeness (QED) is 0.611. The second kappa shape index (κ2) is 2.87. The topological polar surface area (TPSA) is 12.5 Å². The Labute approximate surface area is 74.7 Å². The molecular formula is C9H9F2NO. The molecule has 0 saturated carbocycles. The highest BCUT2D eigenvalue weighted by Crippen LogP contribution is 2.35. The number of hydrogen-bond donors (Lipinski definition) is 0. The number of likely N-dealkylation sites (N-methyl/N-ethyl adjacent to an activating group) is 1. The van der Waals surface area contributed by atoms with E-state index in [-0.39, 0.29) is 11.4 Å². The van der Waals surface area contributed by atoms with Gasteiger partial charge in [-0.25, -0.2) is 8.78 Å². The zero-order valence-corrected chi connectivity index (χ0v) is 7.18. The van der Waals surface area contributed by atoms with Crippen LogP contribution >= 0.6 is 0 Å². The molecule has 0 atom stereocenters. The van der Waals surface area contributed by atoms with Crippen LogP contribution in [0, 0.1) is 11.6 Å². The molecule has 1 heterocycles. The molecule has 0 unspecified atom stereocenters. The van der Waals surface area contributed by atoms with E-state index in [1.165, 1.54) is 0 Å². The minimum absolute atomic E-state index is 0.0220. The predicted octanol–water partition coefficient (Wildman–Crippen LogP) is 1.79. The summed E-state index contributed by atoms with van der Waals surface area (Å²) in [7, 11) is 1.71. The Morgan fingerprint density at radius 2 is 2.00 bits per heavy atom. The summed E-state index contributed by atoms with van der Waals surface area (Å²) in [6, 6.07) is 2.19. The van der Waals surface area contributed by atoms with Gasteiger partial charge < -0.3 is 9.64 Å². The van der Waals surface area contributed by atoms with Crippen molar-refractivity contribution in [2.45, 2.75) is 0 Å². The third-order valence-corrected chi connectivity index (χ3v) is 2.09. The Morgan fingerprint density at radius 1 is 1.31 bits per heavy atom. The molecule has 0 amide bonds. The molecule has 0 fully saturated rings. The third kappa shape index (κ3) is 1.22. The predicted molar refractivity (Wildman–Crippen MR) is 45.1 cm³/mol. The highest BCUT2D eigenvalue weighted by molar-refractivity contribution is 5.60. The number of nitrogens with zero attached hydrogens (tertiary/aromatic N) is 1. The lowest BCUT2D eigenvalue weighted by molar-refractivity contribution is 0.292. The average molecular weight is 185 g/mol. The number of rotatable bonds is 0. The first-order valence-corrected chi connectivity index (χ1v) is 4.02. The molecule has 2 nitrogen and oxygen atoms in total. The molecule has 0 aromatic heterocycles.